The molecule has 0 saturated carbocycles. The zero-order valence-corrected chi connectivity index (χ0v) is 13.8. The van der Waals surface area contributed by atoms with E-state index in [2.05, 4.69) is 10.5 Å². The SMILES string of the molecule is C/C(=N/Nc1ccc(C(F)(F)F)cc1[N+](=O)[O-])c1ccc(C)c(C)c1. The number of hydrogen-bond acceptors (Lipinski definition) is 4. The maximum Gasteiger partial charge on any atom is 0.416 e. The quantitative estimate of drug-likeness (QED) is 0.475. The molecule has 8 heteroatoms. The minimum absolute atomic E-state index is 0.110. The molecule has 0 aliphatic carbocycles. The summed E-state index contributed by atoms with van der Waals surface area (Å²) in [5, 5.41) is 15.1. The van der Waals surface area contributed by atoms with Crippen LogP contribution in [-0.2, 0) is 6.18 Å². The van der Waals surface area contributed by atoms with Crippen molar-refractivity contribution in [1.29, 1.82) is 0 Å². The predicted octanol–water partition coefficient (Wildman–Crippen LogP) is 5.07. The molecule has 132 valence electrons. The van der Waals surface area contributed by atoms with Crippen LogP contribution in [0.3, 0.4) is 0 Å². The summed E-state index contributed by atoms with van der Waals surface area (Å²) in [5.41, 5.74) is 4.14. The number of alkyl halides is 3. The van der Waals surface area contributed by atoms with E-state index in [0.29, 0.717) is 11.8 Å². The van der Waals surface area contributed by atoms with Crippen LogP contribution in [0.2, 0.25) is 0 Å². The van der Waals surface area contributed by atoms with Crippen molar-refractivity contribution in [2.45, 2.75) is 26.9 Å². The van der Waals surface area contributed by atoms with E-state index in [4.69, 9.17) is 0 Å². The summed E-state index contributed by atoms with van der Waals surface area (Å²) < 4.78 is 38.1. The van der Waals surface area contributed by atoms with E-state index in [9.17, 15) is 23.3 Å². The van der Waals surface area contributed by atoms with Gasteiger partial charge in [-0.1, -0.05) is 12.1 Å². The summed E-state index contributed by atoms with van der Waals surface area (Å²) in [6.07, 6.45) is -4.65. The van der Waals surface area contributed by atoms with Gasteiger partial charge in [-0.25, -0.2) is 0 Å². The van der Waals surface area contributed by atoms with Gasteiger partial charge in [0.2, 0.25) is 0 Å². The van der Waals surface area contributed by atoms with E-state index in [1.54, 1.807) is 6.92 Å². The smallest absolute Gasteiger partial charge is 0.271 e. The van der Waals surface area contributed by atoms with Crippen LogP contribution >= 0.6 is 0 Å². The molecule has 0 unspecified atom stereocenters. The van der Waals surface area contributed by atoms with Crippen LogP contribution in [0.1, 0.15) is 29.2 Å². The highest BCUT2D eigenvalue weighted by atomic mass is 19.4. The fraction of sp³-hybridized carbons (Fsp3) is 0.235. The maximum atomic E-state index is 12.7. The Balaban J connectivity index is 2.33. The van der Waals surface area contributed by atoms with Gasteiger partial charge < -0.3 is 0 Å². The van der Waals surface area contributed by atoms with Crippen molar-refractivity contribution in [3.63, 3.8) is 0 Å². The number of rotatable bonds is 4. The van der Waals surface area contributed by atoms with Crippen LogP contribution in [0.15, 0.2) is 41.5 Å². The molecule has 2 rings (SSSR count). The predicted molar refractivity (Wildman–Crippen MR) is 89.8 cm³/mol. The first-order valence-corrected chi connectivity index (χ1v) is 7.33. The molecule has 2 aromatic rings. The number of hydrazone groups is 1. The fourth-order valence-electron chi connectivity index (χ4n) is 2.13. The third-order valence-electron chi connectivity index (χ3n) is 3.79. The van der Waals surface area contributed by atoms with Gasteiger partial charge in [-0.2, -0.15) is 18.3 Å². The van der Waals surface area contributed by atoms with Gasteiger partial charge in [0.15, 0.2) is 0 Å². The molecule has 0 heterocycles. The second-order valence-electron chi connectivity index (χ2n) is 5.59. The fourth-order valence-corrected chi connectivity index (χ4v) is 2.13. The van der Waals surface area contributed by atoms with Crippen LogP contribution in [0.5, 0.6) is 0 Å². The lowest BCUT2D eigenvalue weighted by molar-refractivity contribution is -0.384. The molecule has 0 spiro atoms. The molecule has 0 aromatic heterocycles. The number of aryl methyl sites for hydroxylation is 2. The van der Waals surface area contributed by atoms with Gasteiger partial charge in [0.05, 0.1) is 16.2 Å². The van der Waals surface area contributed by atoms with E-state index in [1.165, 1.54) is 0 Å². The molecule has 0 bridgehead atoms. The standard InChI is InChI=1S/C17H16F3N3O2/c1-10-4-5-13(8-11(10)2)12(3)21-22-15-7-6-14(17(18,19)20)9-16(15)23(24)25/h4-9,22H,1-3H3/b21-12-. The number of nitrogens with zero attached hydrogens (tertiary/aromatic N) is 2. The maximum absolute atomic E-state index is 12.7. The van der Waals surface area contributed by atoms with Crippen molar-refractivity contribution in [2.24, 2.45) is 5.10 Å². The molecule has 0 saturated heterocycles. The molecular formula is C17H16F3N3O2. The number of nitrogens with one attached hydrogen (secondary N) is 1. The number of anilines is 1. The van der Waals surface area contributed by atoms with Crippen molar-refractivity contribution >= 4 is 17.1 Å². The Morgan fingerprint density at radius 2 is 1.80 bits per heavy atom. The van der Waals surface area contributed by atoms with Gasteiger partial charge in [0, 0.05) is 6.07 Å². The Bertz CT molecular complexity index is 846. The monoisotopic (exact) mass is 351 g/mol. The molecule has 0 fully saturated rings. The Hall–Kier alpha value is -2.90. The Morgan fingerprint density at radius 3 is 2.36 bits per heavy atom. The number of nitro groups is 1. The highest BCUT2D eigenvalue weighted by Gasteiger charge is 2.33. The first-order chi connectivity index (χ1) is 11.6. The topological polar surface area (TPSA) is 67.5 Å². The molecule has 2 aromatic carbocycles. The molecule has 0 aliphatic rings. The molecule has 5 nitrogen and oxygen atoms in total. The zero-order valence-electron chi connectivity index (χ0n) is 13.8. The van der Waals surface area contributed by atoms with Crippen LogP contribution in [-0.4, -0.2) is 10.6 Å². The minimum atomic E-state index is -4.65. The summed E-state index contributed by atoms with van der Waals surface area (Å²) in [4.78, 5) is 10.2. The van der Waals surface area contributed by atoms with Crippen LogP contribution in [0, 0.1) is 24.0 Å². The summed E-state index contributed by atoms with van der Waals surface area (Å²) in [6, 6.07) is 7.95. The molecule has 0 radical (unpaired) electrons. The number of hydrogen-bond donors (Lipinski definition) is 1. The van der Waals surface area contributed by atoms with E-state index in [0.717, 1.165) is 28.8 Å². The molecule has 0 aliphatic heterocycles. The molecule has 1 N–H and O–H groups in total. The Labute approximate surface area is 142 Å². The third-order valence-corrected chi connectivity index (χ3v) is 3.79. The normalized spacial score (nSPS) is 12.2. The highest BCUT2D eigenvalue weighted by Crippen LogP contribution is 2.35. The van der Waals surface area contributed by atoms with Gasteiger partial charge in [0.25, 0.3) is 5.69 Å². The van der Waals surface area contributed by atoms with Crippen LogP contribution in [0.4, 0.5) is 24.5 Å². The van der Waals surface area contributed by atoms with E-state index in [1.807, 2.05) is 32.0 Å². The summed E-state index contributed by atoms with van der Waals surface area (Å²) >= 11 is 0. The van der Waals surface area contributed by atoms with E-state index in [-0.39, 0.29) is 5.69 Å². The van der Waals surface area contributed by atoms with Crippen molar-refractivity contribution in [2.75, 3.05) is 5.43 Å². The summed E-state index contributed by atoms with van der Waals surface area (Å²) in [5.74, 6) is 0. The highest BCUT2D eigenvalue weighted by molar-refractivity contribution is 5.99. The number of halogens is 3. The molecule has 0 amide bonds. The zero-order chi connectivity index (χ0) is 18.8. The Kier molecular flexibility index (Phi) is 5.10. The average molecular weight is 351 g/mol. The van der Waals surface area contributed by atoms with Crippen molar-refractivity contribution in [3.05, 3.63) is 68.8 Å². The third kappa shape index (κ3) is 4.34. The average Bonchev–Trinajstić information content (AvgIpc) is 2.54. The summed E-state index contributed by atoms with van der Waals surface area (Å²) in [6.45, 7) is 5.61. The molecular weight excluding hydrogens is 335 g/mol. The van der Waals surface area contributed by atoms with Gasteiger partial charge in [-0.3, -0.25) is 15.5 Å². The van der Waals surface area contributed by atoms with E-state index < -0.39 is 22.4 Å². The lowest BCUT2D eigenvalue weighted by Crippen LogP contribution is -2.07. The van der Waals surface area contributed by atoms with Crippen molar-refractivity contribution in [1.82, 2.24) is 0 Å². The minimum Gasteiger partial charge on any atom is -0.271 e. The first kappa shape index (κ1) is 18.4. The molecule has 0 atom stereocenters. The summed E-state index contributed by atoms with van der Waals surface area (Å²) in [7, 11) is 0. The number of nitro benzene ring substituents is 1. The lowest BCUT2D eigenvalue weighted by atomic mass is 10.0. The van der Waals surface area contributed by atoms with Gasteiger partial charge in [-0.15, -0.1) is 0 Å². The second-order valence-corrected chi connectivity index (χ2v) is 5.59. The first-order valence-electron chi connectivity index (χ1n) is 7.33. The lowest BCUT2D eigenvalue weighted by Gasteiger charge is -2.09. The Morgan fingerprint density at radius 1 is 1.12 bits per heavy atom. The second kappa shape index (κ2) is 6.92. The molecule has 25 heavy (non-hydrogen) atoms. The van der Waals surface area contributed by atoms with Gasteiger partial charge in [0.1, 0.15) is 5.69 Å². The largest absolute Gasteiger partial charge is 0.416 e. The van der Waals surface area contributed by atoms with Gasteiger partial charge >= 0.3 is 6.18 Å². The van der Waals surface area contributed by atoms with E-state index >= 15 is 0 Å². The van der Waals surface area contributed by atoms with Gasteiger partial charge in [-0.05, 0) is 55.7 Å². The number of benzene rings is 2. The van der Waals surface area contributed by atoms with Crippen molar-refractivity contribution < 1.29 is 18.1 Å². The van der Waals surface area contributed by atoms with Crippen LogP contribution in [0.25, 0.3) is 0 Å². The van der Waals surface area contributed by atoms with Crippen molar-refractivity contribution in [3.8, 4) is 0 Å². The van der Waals surface area contributed by atoms with Crippen LogP contribution < -0.4 is 5.43 Å².